The third-order valence-electron chi connectivity index (χ3n) is 2.39. The average Bonchev–Trinajstić information content (AvgIpc) is 2.72. The molecule has 2 rings (SSSR count). The summed E-state index contributed by atoms with van der Waals surface area (Å²) in [6.07, 6.45) is 0. The molecular formula is C13H14BrNOS. The molecule has 0 aliphatic heterocycles. The van der Waals surface area contributed by atoms with Crippen LogP contribution in [0.15, 0.2) is 40.2 Å². The molecule has 0 bridgehead atoms. The van der Waals surface area contributed by atoms with Crippen molar-refractivity contribution in [1.29, 1.82) is 0 Å². The molecule has 0 N–H and O–H groups in total. The van der Waals surface area contributed by atoms with E-state index in [0.29, 0.717) is 6.61 Å². The molecule has 4 heteroatoms. The Morgan fingerprint density at radius 3 is 2.76 bits per heavy atom. The second kappa shape index (κ2) is 5.56. The van der Waals surface area contributed by atoms with Gasteiger partial charge >= 0.3 is 0 Å². The first-order chi connectivity index (χ1) is 8.16. The number of benzene rings is 1. The van der Waals surface area contributed by atoms with Crippen LogP contribution in [-0.4, -0.2) is 14.1 Å². The molecule has 0 radical (unpaired) electrons. The van der Waals surface area contributed by atoms with E-state index in [2.05, 4.69) is 32.3 Å². The maximum Gasteiger partial charge on any atom is 0.124 e. The summed E-state index contributed by atoms with van der Waals surface area (Å²) in [5.41, 5.74) is 1.15. The maximum atomic E-state index is 5.78. The van der Waals surface area contributed by atoms with Crippen LogP contribution in [0.3, 0.4) is 0 Å². The first-order valence-electron chi connectivity index (χ1n) is 5.29. The molecule has 0 saturated carbocycles. The minimum atomic E-state index is 0.606. The first-order valence-corrected chi connectivity index (χ1v) is 6.96. The number of halogens is 1. The summed E-state index contributed by atoms with van der Waals surface area (Å²) >= 11 is 5.20. The monoisotopic (exact) mass is 311 g/mol. The predicted molar refractivity (Wildman–Crippen MR) is 77.1 cm³/mol. The van der Waals surface area contributed by atoms with Crippen LogP contribution < -0.4 is 9.64 Å². The molecule has 2 nitrogen and oxygen atoms in total. The van der Waals surface area contributed by atoms with Crippen molar-refractivity contribution >= 4 is 33.0 Å². The largest absolute Gasteiger partial charge is 0.488 e. The fourth-order valence-electron chi connectivity index (χ4n) is 1.43. The number of rotatable bonds is 4. The van der Waals surface area contributed by atoms with Gasteiger partial charge in [-0.2, -0.15) is 0 Å². The van der Waals surface area contributed by atoms with Gasteiger partial charge in [0, 0.05) is 30.3 Å². The Balaban J connectivity index is 2.04. The van der Waals surface area contributed by atoms with Gasteiger partial charge in [0.1, 0.15) is 12.4 Å². The van der Waals surface area contributed by atoms with Crippen LogP contribution in [0.4, 0.5) is 5.69 Å². The summed E-state index contributed by atoms with van der Waals surface area (Å²) in [6.45, 7) is 0.606. The van der Waals surface area contributed by atoms with Crippen molar-refractivity contribution in [2.75, 3.05) is 19.0 Å². The molecule has 1 aromatic carbocycles. The van der Waals surface area contributed by atoms with E-state index >= 15 is 0 Å². The Morgan fingerprint density at radius 1 is 1.29 bits per heavy atom. The molecule has 0 spiro atoms. The molecule has 90 valence electrons. The van der Waals surface area contributed by atoms with Crippen molar-refractivity contribution < 1.29 is 4.74 Å². The molecule has 0 atom stereocenters. The molecule has 0 unspecified atom stereocenters. The quantitative estimate of drug-likeness (QED) is 0.841. The summed E-state index contributed by atoms with van der Waals surface area (Å²) in [6, 6.07) is 10.1. The van der Waals surface area contributed by atoms with Crippen molar-refractivity contribution in [1.82, 2.24) is 0 Å². The van der Waals surface area contributed by atoms with Crippen LogP contribution >= 0.6 is 27.3 Å². The lowest BCUT2D eigenvalue weighted by molar-refractivity contribution is 0.309. The third-order valence-corrected chi connectivity index (χ3v) is 4.29. The van der Waals surface area contributed by atoms with E-state index in [1.165, 1.54) is 4.88 Å². The van der Waals surface area contributed by atoms with Gasteiger partial charge in [-0.3, -0.25) is 0 Å². The summed E-state index contributed by atoms with van der Waals surface area (Å²) in [7, 11) is 4.05. The molecule has 0 amide bonds. The van der Waals surface area contributed by atoms with Crippen LogP contribution in [0.2, 0.25) is 0 Å². The van der Waals surface area contributed by atoms with Gasteiger partial charge in [0.15, 0.2) is 0 Å². The van der Waals surface area contributed by atoms with Crippen LogP contribution in [0.5, 0.6) is 5.75 Å². The van der Waals surface area contributed by atoms with Crippen molar-refractivity contribution in [2.24, 2.45) is 0 Å². The van der Waals surface area contributed by atoms with Gasteiger partial charge in [-0.25, -0.2) is 0 Å². The zero-order chi connectivity index (χ0) is 12.3. The molecule has 0 fully saturated rings. The first kappa shape index (κ1) is 12.5. The van der Waals surface area contributed by atoms with Crippen molar-refractivity contribution in [3.8, 4) is 5.75 Å². The third kappa shape index (κ3) is 3.23. The summed E-state index contributed by atoms with van der Waals surface area (Å²) < 4.78 is 6.89. The molecule has 0 saturated heterocycles. The highest BCUT2D eigenvalue weighted by atomic mass is 79.9. The molecule has 0 aliphatic rings. The highest BCUT2D eigenvalue weighted by Crippen LogP contribution is 2.25. The van der Waals surface area contributed by atoms with Crippen LogP contribution in [0.1, 0.15) is 4.88 Å². The van der Waals surface area contributed by atoms with Crippen LogP contribution in [-0.2, 0) is 6.61 Å². The number of anilines is 1. The molecule has 17 heavy (non-hydrogen) atoms. The minimum Gasteiger partial charge on any atom is -0.488 e. The van der Waals surface area contributed by atoms with Crippen molar-refractivity contribution in [3.63, 3.8) is 0 Å². The lowest BCUT2D eigenvalue weighted by Crippen LogP contribution is -2.08. The Kier molecular flexibility index (Phi) is 4.07. The van der Waals surface area contributed by atoms with E-state index in [0.717, 1.165) is 15.9 Å². The van der Waals surface area contributed by atoms with E-state index in [1.807, 2.05) is 38.4 Å². The molecule has 1 aromatic heterocycles. The van der Waals surface area contributed by atoms with Gasteiger partial charge in [-0.05, 0) is 39.5 Å². The number of ether oxygens (including phenoxy) is 1. The van der Waals surface area contributed by atoms with Gasteiger partial charge < -0.3 is 9.64 Å². The van der Waals surface area contributed by atoms with Crippen molar-refractivity contribution in [3.05, 3.63) is 45.1 Å². The normalized spacial score (nSPS) is 10.3. The van der Waals surface area contributed by atoms with Crippen LogP contribution in [0, 0.1) is 0 Å². The predicted octanol–water partition coefficient (Wildman–Crippen LogP) is 4.16. The number of thiophene rings is 1. The van der Waals surface area contributed by atoms with Gasteiger partial charge in [-0.15, -0.1) is 11.3 Å². The Morgan fingerprint density at radius 2 is 2.12 bits per heavy atom. The fraction of sp³-hybridized carbons (Fsp3) is 0.231. The fourth-order valence-corrected chi connectivity index (χ4v) is 2.81. The van der Waals surface area contributed by atoms with Gasteiger partial charge in [0.05, 0.1) is 4.88 Å². The van der Waals surface area contributed by atoms with E-state index in [1.54, 1.807) is 11.3 Å². The Bertz CT molecular complexity index is 496. The highest BCUT2D eigenvalue weighted by molar-refractivity contribution is 9.10. The smallest absolute Gasteiger partial charge is 0.124 e. The standard InChI is InChI=1S/C13H14BrNOS/c1-15(2)10-4-3-5-11(8-10)16-9-13-12(14)6-7-17-13/h3-8H,9H2,1-2H3. The van der Waals surface area contributed by atoms with E-state index in [9.17, 15) is 0 Å². The molecule has 2 aromatic rings. The lowest BCUT2D eigenvalue weighted by Gasteiger charge is -2.13. The van der Waals surface area contributed by atoms with Crippen molar-refractivity contribution in [2.45, 2.75) is 6.61 Å². The number of hydrogen-bond acceptors (Lipinski definition) is 3. The van der Waals surface area contributed by atoms with Gasteiger partial charge in [0.2, 0.25) is 0 Å². The maximum absolute atomic E-state index is 5.78. The van der Waals surface area contributed by atoms with E-state index in [-0.39, 0.29) is 0 Å². The van der Waals surface area contributed by atoms with Gasteiger partial charge in [-0.1, -0.05) is 6.07 Å². The minimum absolute atomic E-state index is 0.606. The molecule has 0 aliphatic carbocycles. The summed E-state index contributed by atoms with van der Waals surface area (Å²) in [5.74, 6) is 0.900. The zero-order valence-corrected chi connectivity index (χ0v) is 12.2. The summed E-state index contributed by atoms with van der Waals surface area (Å²) in [5, 5.41) is 2.05. The zero-order valence-electron chi connectivity index (χ0n) is 9.81. The molecule has 1 heterocycles. The number of hydrogen-bond donors (Lipinski definition) is 0. The second-order valence-electron chi connectivity index (χ2n) is 3.87. The Labute approximate surface area is 114 Å². The Hall–Kier alpha value is -1.00. The second-order valence-corrected chi connectivity index (χ2v) is 5.73. The topological polar surface area (TPSA) is 12.5 Å². The molecular weight excluding hydrogens is 298 g/mol. The SMILES string of the molecule is CN(C)c1cccc(OCc2sccc2Br)c1. The van der Waals surface area contributed by atoms with Gasteiger partial charge in [0.25, 0.3) is 0 Å². The average molecular weight is 312 g/mol. The lowest BCUT2D eigenvalue weighted by atomic mass is 10.3. The van der Waals surface area contributed by atoms with E-state index in [4.69, 9.17) is 4.74 Å². The number of nitrogens with zero attached hydrogens (tertiary/aromatic N) is 1. The highest BCUT2D eigenvalue weighted by Gasteiger charge is 2.03. The summed E-state index contributed by atoms with van der Waals surface area (Å²) in [4.78, 5) is 3.27. The van der Waals surface area contributed by atoms with Crippen LogP contribution in [0.25, 0.3) is 0 Å². The van der Waals surface area contributed by atoms with E-state index < -0.39 is 0 Å².